The van der Waals surface area contributed by atoms with Crippen molar-refractivity contribution < 1.29 is 4.79 Å². The molecule has 21 heavy (non-hydrogen) atoms. The van der Waals surface area contributed by atoms with Crippen LogP contribution in [0.25, 0.3) is 0 Å². The molecule has 1 aromatic carbocycles. The number of carbonyl (C=O) groups excluding carboxylic acids is 1. The van der Waals surface area contributed by atoms with Crippen molar-refractivity contribution >= 4 is 17.3 Å². The molecular formula is C18H28N2O. The molecule has 0 unspecified atom stereocenters. The lowest BCUT2D eigenvalue weighted by Gasteiger charge is -2.35. The van der Waals surface area contributed by atoms with Crippen LogP contribution in [0.15, 0.2) is 24.3 Å². The largest absolute Gasteiger partial charge is 0.369 e. The summed E-state index contributed by atoms with van der Waals surface area (Å²) in [6, 6.07) is 8.92. The van der Waals surface area contributed by atoms with Gasteiger partial charge in [-0.3, -0.25) is 4.79 Å². The van der Waals surface area contributed by atoms with Gasteiger partial charge in [-0.25, -0.2) is 0 Å². The summed E-state index contributed by atoms with van der Waals surface area (Å²) in [6.45, 7) is 5.59. The molecule has 0 spiro atoms. The molecule has 0 saturated carbocycles. The fourth-order valence-corrected chi connectivity index (χ4v) is 2.98. The van der Waals surface area contributed by atoms with Gasteiger partial charge in [0, 0.05) is 30.4 Å². The highest BCUT2D eigenvalue weighted by molar-refractivity contribution is 5.90. The second kappa shape index (κ2) is 8.06. The Kier molecular flexibility index (Phi) is 6.09. The molecule has 1 N–H and O–H groups in total. The summed E-state index contributed by atoms with van der Waals surface area (Å²) in [6.07, 6.45) is 7.76. The van der Waals surface area contributed by atoms with Crippen molar-refractivity contribution in [1.82, 2.24) is 0 Å². The summed E-state index contributed by atoms with van der Waals surface area (Å²) in [5, 5.41) is 2.98. The van der Waals surface area contributed by atoms with Crippen molar-refractivity contribution in [2.24, 2.45) is 0 Å². The molecule has 2 rings (SSSR count). The van der Waals surface area contributed by atoms with E-state index in [1.807, 2.05) is 12.1 Å². The molecule has 0 bridgehead atoms. The molecule has 3 nitrogen and oxygen atoms in total. The Balaban J connectivity index is 1.88. The lowest BCUT2D eigenvalue weighted by atomic mass is 10.0. The number of amides is 1. The van der Waals surface area contributed by atoms with Crippen LogP contribution >= 0.6 is 0 Å². The van der Waals surface area contributed by atoms with E-state index in [0.717, 1.165) is 31.5 Å². The first kappa shape index (κ1) is 15.9. The Morgan fingerprint density at radius 3 is 2.67 bits per heavy atom. The van der Waals surface area contributed by atoms with E-state index in [0.29, 0.717) is 12.5 Å². The minimum Gasteiger partial charge on any atom is -0.369 e. The van der Waals surface area contributed by atoms with Gasteiger partial charge in [0.05, 0.1) is 0 Å². The summed E-state index contributed by atoms with van der Waals surface area (Å²) in [7, 11) is 0. The second-order valence-electron chi connectivity index (χ2n) is 6.09. The zero-order chi connectivity index (χ0) is 15.1. The Labute approximate surface area is 128 Å². The van der Waals surface area contributed by atoms with Crippen molar-refractivity contribution in [2.75, 3.05) is 16.8 Å². The highest BCUT2D eigenvalue weighted by Gasteiger charge is 2.18. The molecule has 1 saturated heterocycles. The maximum atomic E-state index is 11.8. The number of rotatable bonds is 6. The van der Waals surface area contributed by atoms with Gasteiger partial charge in [-0.2, -0.15) is 0 Å². The second-order valence-corrected chi connectivity index (χ2v) is 6.09. The summed E-state index contributed by atoms with van der Waals surface area (Å²) in [4.78, 5) is 14.3. The van der Waals surface area contributed by atoms with E-state index >= 15 is 0 Å². The topological polar surface area (TPSA) is 32.3 Å². The molecule has 1 heterocycles. The number of hydrogen-bond donors (Lipinski definition) is 1. The first-order valence-electron chi connectivity index (χ1n) is 8.37. The zero-order valence-electron chi connectivity index (χ0n) is 13.4. The lowest BCUT2D eigenvalue weighted by molar-refractivity contribution is -0.116. The van der Waals surface area contributed by atoms with Gasteiger partial charge in [-0.1, -0.05) is 19.8 Å². The lowest BCUT2D eigenvalue weighted by Crippen LogP contribution is -2.37. The summed E-state index contributed by atoms with van der Waals surface area (Å²) in [5.74, 6) is 0.127. The number of nitrogens with zero attached hydrogens (tertiary/aromatic N) is 1. The number of unbranched alkanes of at least 4 members (excludes halogenated alkanes) is 2. The Morgan fingerprint density at radius 2 is 2.00 bits per heavy atom. The summed E-state index contributed by atoms with van der Waals surface area (Å²) in [5.41, 5.74) is 2.18. The predicted molar refractivity (Wildman–Crippen MR) is 89.9 cm³/mol. The smallest absolute Gasteiger partial charge is 0.224 e. The maximum Gasteiger partial charge on any atom is 0.224 e. The molecule has 0 radical (unpaired) electrons. The van der Waals surface area contributed by atoms with Crippen LogP contribution in [-0.2, 0) is 4.79 Å². The Morgan fingerprint density at radius 1 is 1.24 bits per heavy atom. The van der Waals surface area contributed by atoms with Crippen molar-refractivity contribution in [3.05, 3.63) is 24.3 Å². The van der Waals surface area contributed by atoms with Gasteiger partial charge in [-0.05, 0) is 56.9 Å². The molecule has 1 amide bonds. The first-order chi connectivity index (χ1) is 10.2. The van der Waals surface area contributed by atoms with Crippen molar-refractivity contribution in [3.8, 4) is 0 Å². The molecule has 1 aliphatic heterocycles. The van der Waals surface area contributed by atoms with Gasteiger partial charge in [0.2, 0.25) is 5.91 Å². The van der Waals surface area contributed by atoms with Crippen LogP contribution in [0.1, 0.15) is 58.8 Å². The summed E-state index contributed by atoms with van der Waals surface area (Å²) < 4.78 is 0. The molecule has 0 aromatic heterocycles. The quantitative estimate of drug-likeness (QED) is 0.777. The third kappa shape index (κ3) is 4.76. The van der Waals surface area contributed by atoms with Crippen LogP contribution in [-0.4, -0.2) is 18.5 Å². The van der Waals surface area contributed by atoms with Gasteiger partial charge >= 0.3 is 0 Å². The molecule has 1 atom stereocenters. The van der Waals surface area contributed by atoms with Gasteiger partial charge in [0.1, 0.15) is 0 Å². The monoisotopic (exact) mass is 288 g/mol. The Bertz CT molecular complexity index is 441. The van der Waals surface area contributed by atoms with Crippen molar-refractivity contribution in [2.45, 2.75) is 64.8 Å². The molecule has 1 aliphatic rings. The number of nitrogens with one attached hydrogen (secondary N) is 1. The molecular weight excluding hydrogens is 260 g/mol. The van der Waals surface area contributed by atoms with E-state index in [4.69, 9.17) is 0 Å². The number of benzene rings is 1. The van der Waals surface area contributed by atoms with Gasteiger partial charge in [-0.15, -0.1) is 0 Å². The van der Waals surface area contributed by atoms with Crippen LogP contribution in [0.4, 0.5) is 11.4 Å². The van der Waals surface area contributed by atoms with E-state index in [-0.39, 0.29) is 5.91 Å². The van der Waals surface area contributed by atoms with Crippen LogP contribution in [0.5, 0.6) is 0 Å². The zero-order valence-corrected chi connectivity index (χ0v) is 13.4. The van der Waals surface area contributed by atoms with Crippen LogP contribution < -0.4 is 10.2 Å². The molecule has 3 heteroatoms. The molecule has 1 fully saturated rings. The maximum absolute atomic E-state index is 11.8. The van der Waals surface area contributed by atoms with Crippen LogP contribution in [0, 0.1) is 0 Å². The average molecular weight is 288 g/mol. The van der Waals surface area contributed by atoms with E-state index < -0.39 is 0 Å². The van der Waals surface area contributed by atoms with Gasteiger partial charge in [0.25, 0.3) is 0 Å². The number of piperidine rings is 1. The number of carbonyl (C=O) groups is 1. The highest BCUT2D eigenvalue weighted by atomic mass is 16.1. The highest BCUT2D eigenvalue weighted by Crippen LogP contribution is 2.25. The molecule has 116 valence electrons. The SMILES string of the molecule is CCCCCC(=O)Nc1ccc(N2CCCC[C@H]2C)cc1. The molecule has 1 aromatic rings. The average Bonchev–Trinajstić information content (AvgIpc) is 2.49. The van der Waals surface area contributed by atoms with Crippen molar-refractivity contribution in [3.63, 3.8) is 0 Å². The predicted octanol–water partition coefficient (Wildman–Crippen LogP) is 4.58. The minimum atomic E-state index is 0.127. The van der Waals surface area contributed by atoms with Crippen LogP contribution in [0.2, 0.25) is 0 Å². The van der Waals surface area contributed by atoms with E-state index in [9.17, 15) is 4.79 Å². The van der Waals surface area contributed by atoms with Gasteiger partial charge in [0.15, 0.2) is 0 Å². The Hall–Kier alpha value is -1.51. The normalized spacial score (nSPS) is 18.6. The number of anilines is 2. The minimum absolute atomic E-state index is 0.127. The fraction of sp³-hybridized carbons (Fsp3) is 0.611. The number of hydrogen-bond acceptors (Lipinski definition) is 2. The van der Waals surface area contributed by atoms with E-state index in [2.05, 4.69) is 36.2 Å². The molecule has 0 aliphatic carbocycles. The van der Waals surface area contributed by atoms with E-state index in [1.54, 1.807) is 0 Å². The first-order valence-corrected chi connectivity index (χ1v) is 8.37. The standard InChI is InChI=1S/C18H28N2O/c1-3-4-5-9-18(21)19-16-10-12-17(13-11-16)20-14-7-6-8-15(20)2/h10-13,15H,3-9,14H2,1-2H3,(H,19,21)/t15-/m1/s1. The van der Waals surface area contributed by atoms with E-state index in [1.165, 1.54) is 24.9 Å². The van der Waals surface area contributed by atoms with Crippen LogP contribution in [0.3, 0.4) is 0 Å². The van der Waals surface area contributed by atoms with Crippen molar-refractivity contribution in [1.29, 1.82) is 0 Å². The van der Waals surface area contributed by atoms with Gasteiger partial charge < -0.3 is 10.2 Å². The third-order valence-electron chi connectivity index (χ3n) is 4.29. The fourth-order valence-electron chi connectivity index (χ4n) is 2.98. The third-order valence-corrected chi connectivity index (χ3v) is 4.29. The summed E-state index contributed by atoms with van der Waals surface area (Å²) >= 11 is 0.